The monoisotopic (exact) mass is 278 g/mol. The minimum absolute atomic E-state index is 0.286. The molecule has 5 heteroatoms. The number of hydrogen-bond donors (Lipinski definition) is 1. The molecule has 19 heavy (non-hydrogen) atoms. The van der Waals surface area contributed by atoms with E-state index in [1.807, 2.05) is 23.8 Å². The molecule has 1 aliphatic rings. The summed E-state index contributed by atoms with van der Waals surface area (Å²) in [4.78, 5) is 6.94. The van der Waals surface area contributed by atoms with E-state index in [4.69, 9.17) is 4.42 Å². The quantitative estimate of drug-likeness (QED) is 0.933. The first-order chi connectivity index (χ1) is 9.26. The van der Waals surface area contributed by atoms with E-state index in [1.165, 1.54) is 0 Å². The van der Waals surface area contributed by atoms with Gasteiger partial charge in [0.05, 0.1) is 5.69 Å². The predicted molar refractivity (Wildman–Crippen MR) is 75.0 cm³/mol. The maximum atomic E-state index is 9.17. The second kappa shape index (κ2) is 5.45. The van der Waals surface area contributed by atoms with Crippen LogP contribution in [0.3, 0.4) is 0 Å². The van der Waals surface area contributed by atoms with Gasteiger partial charge in [-0.2, -0.15) is 11.3 Å². The summed E-state index contributed by atoms with van der Waals surface area (Å²) >= 11 is 1.65. The van der Waals surface area contributed by atoms with Gasteiger partial charge in [-0.25, -0.2) is 4.98 Å². The van der Waals surface area contributed by atoms with Crippen molar-refractivity contribution in [3.05, 3.63) is 28.3 Å². The van der Waals surface area contributed by atoms with E-state index in [-0.39, 0.29) is 6.61 Å². The first-order valence-electron chi connectivity index (χ1n) is 6.58. The van der Waals surface area contributed by atoms with Crippen molar-refractivity contribution >= 4 is 11.3 Å². The van der Waals surface area contributed by atoms with Gasteiger partial charge in [0.2, 0.25) is 5.89 Å². The Hall–Kier alpha value is -1.17. The van der Waals surface area contributed by atoms with E-state index in [9.17, 15) is 5.11 Å². The van der Waals surface area contributed by atoms with Gasteiger partial charge in [-0.05, 0) is 37.3 Å². The van der Waals surface area contributed by atoms with Gasteiger partial charge < -0.3 is 9.52 Å². The Morgan fingerprint density at radius 1 is 1.58 bits per heavy atom. The normalized spacial score (nSPS) is 20.2. The molecule has 0 spiro atoms. The summed E-state index contributed by atoms with van der Waals surface area (Å²) < 4.78 is 5.74. The standard InChI is InChI=1S/C14H18N2O2S/c1-10-13(7-16-4-2-11(6-16)8-17)15-14(18-10)12-3-5-19-9-12/h3,5,9,11,17H,2,4,6-8H2,1H3. The molecule has 1 atom stereocenters. The largest absolute Gasteiger partial charge is 0.441 e. The van der Waals surface area contributed by atoms with Crippen LogP contribution in [-0.2, 0) is 6.54 Å². The number of rotatable bonds is 4. The summed E-state index contributed by atoms with van der Waals surface area (Å²) in [7, 11) is 0. The second-order valence-electron chi connectivity index (χ2n) is 5.11. The molecule has 0 bridgehead atoms. The van der Waals surface area contributed by atoms with Crippen LogP contribution in [0.5, 0.6) is 0 Å². The third-order valence-electron chi connectivity index (χ3n) is 3.66. The van der Waals surface area contributed by atoms with E-state index in [1.54, 1.807) is 11.3 Å². The van der Waals surface area contributed by atoms with Crippen molar-refractivity contribution in [2.75, 3.05) is 19.7 Å². The van der Waals surface area contributed by atoms with E-state index in [0.29, 0.717) is 11.8 Å². The third kappa shape index (κ3) is 2.73. The van der Waals surface area contributed by atoms with Crippen molar-refractivity contribution in [3.8, 4) is 11.5 Å². The summed E-state index contributed by atoms with van der Waals surface area (Å²) in [6.45, 7) is 5.06. The molecule has 0 saturated carbocycles. The predicted octanol–water partition coefficient (Wildman–Crippen LogP) is 2.53. The topological polar surface area (TPSA) is 49.5 Å². The fourth-order valence-corrected chi connectivity index (χ4v) is 3.13. The molecule has 4 nitrogen and oxygen atoms in total. The van der Waals surface area contributed by atoms with Crippen molar-refractivity contribution in [3.63, 3.8) is 0 Å². The Kier molecular flexibility index (Phi) is 3.68. The number of likely N-dealkylation sites (tertiary alicyclic amines) is 1. The maximum absolute atomic E-state index is 9.17. The summed E-state index contributed by atoms with van der Waals surface area (Å²) in [6, 6.07) is 2.03. The molecular formula is C14H18N2O2S. The lowest BCUT2D eigenvalue weighted by Gasteiger charge is -2.13. The fourth-order valence-electron chi connectivity index (χ4n) is 2.50. The highest BCUT2D eigenvalue weighted by atomic mass is 32.1. The molecule has 1 N–H and O–H groups in total. The van der Waals surface area contributed by atoms with Gasteiger partial charge in [-0.3, -0.25) is 4.90 Å². The van der Waals surface area contributed by atoms with Gasteiger partial charge in [0.1, 0.15) is 5.76 Å². The van der Waals surface area contributed by atoms with E-state index >= 15 is 0 Å². The zero-order valence-corrected chi connectivity index (χ0v) is 11.8. The lowest BCUT2D eigenvalue weighted by atomic mass is 10.1. The van der Waals surface area contributed by atoms with E-state index in [0.717, 1.165) is 43.1 Å². The average Bonchev–Trinajstić information content (AvgIpc) is 3.12. The highest BCUT2D eigenvalue weighted by Crippen LogP contribution is 2.25. The zero-order valence-electron chi connectivity index (χ0n) is 11.0. The van der Waals surface area contributed by atoms with Gasteiger partial charge in [-0.1, -0.05) is 0 Å². The van der Waals surface area contributed by atoms with Crippen molar-refractivity contribution in [1.82, 2.24) is 9.88 Å². The Morgan fingerprint density at radius 3 is 3.16 bits per heavy atom. The third-order valence-corrected chi connectivity index (χ3v) is 4.35. The first kappa shape index (κ1) is 12.8. The lowest BCUT2D eigenvalue weighted by Crippen LogP contribution is -2.21. The van der Waals surface area contributed by atoms with Crippen LogP contribution >= 0.6 is 11.3 Å². The van der Waals surface area contributed by atoms with Gasteiger partial charge in [-0.15, -0.1) is 0 Å². The minimum Gasteiger partial charge on any atom is -0.441 e. The number of oxazole rings is 1. The number of thiophene rings is 1. The lowest BCUT2D eigenvalue weighted by molar-refractivity contribution is 0.219. The summed E-state index contributed by atoms with van der Waals surface area (Å²) in [5.74, 6) is 2.03. The first-order valence-corrected chi connectivity index (χ1v) is 7.52. The van der Waals surface area contributed by atoms with Crippen molar-refractivity contribution in [1.29, 1.82) is 0 Å². The van der Waals surface area contributed by atoms with E-state index < -0.39 is 0 Å². The number of aryl methyl sites for hydroxylation is 1. The highest BCUT2D eigenvalue weighted by molar-refractivity contribution is 7.08. The Balaban J connectivity index is 1.72. The van der Waals surface area contributed by atoms with Crippen LogP contribution in [0, 0.1) is 12.8 Å². The number of aliphatic hydroxyl groups is 1. The van der Waals surface area contributed by atoms with Crippen molar-refractivity contribution in [2.45, 2.75) is 19.9 Å². The van der Waals surface area contributed by atoms with Crippen LogP contribution in [0.1, 0.15) is 17.9 Å². The van der Waals surface area contributed by atoms with Crippen LogP contribution in [0.15, 0.2) is 21.2 Å². The van der Waals surface area contributed by atoms with Crippen LogP contribution in [0.4, 0.5) is 0 Å². The molecule has 102 valence electrons. The molecule has 1 aliphatic heterocycles. The van der Waals surface area contributed by atoms with E-state index in [2.05, 4.69) is 9.88 Å². The van der Waals surface area contributed by atoms with Gasteiger partial charge in [0, 0.05) is 30.6 Å². The number of aromatic nitrogens is 1. The molecule has 3 heterocycles. The summed E-state index contributed by atoms with van der Waals surface area (Å²) in [5.41, 5.74) is 2.06. The Bertz CT molecular complexity index is 536. The smallest absolute Gasteiger partial charge is 0.227 e. The zero-order chi connectivity index (χ0) is 13.2. The molecule has 0 amide bonds. The van der Waals surface area contributed by atoms with Gasteiger partial charge in [0.25, 0.3) is 0 Å². The molecule has 3 rings (SSSR count). The van der Waals surface area contributed by atoms with Gasteiger partial charge >= 0.3 is 0 Å². The summed E-state index contributed by atoms with van der Waals surface area (Å²) in [6.07, 6.45) is 1.07. The maximum Gasteiger partial charge on any atom is 0.227 e. The van der Waals surface area contributed by atoms with Gasteiger partial charge in [0.15, 0.2) is 0 Å². The SMILES string of the molecule is Cc1oc(-c2ccsc2)nc1CN1CCC(CO)C1. The molecule has 2 aromatic rings. The number of aliphatic hydroxyl groups excluding tert-OH is 1. The number of hydrogen-bond acceptors (Lipinski definition) is 5. The molecule has 2 aromatic heterocycles. The fraction of sp³-hybridized carbons (Fsp3) is 0.500. The van der Waals surface area contributed by atoms with Crippen LogP contribution in [0.2, 0.25) is 0 Å². The molecule has 1 fully saturated rings. The van der Waals surface area contributed by atoms with Crippen molar-refractivity contribution < 1.29 is 9.52 Å². The van der Waals surface area contributed by atoms with Crippen molar-refractivity contribution in [2.24, 2.45) is 5.92 Å². The number of nitrogens with zero attached hydrogens (tertiary/aromatic N) is 2. The minimum atomic E-state index is 0.286. The molecule has 0 aromatic carbocycles. The molecular weight excluding hydrogens is 260 g/mol. The molecule has 0 radical (unpaired) electrons. The molecule has 1 saturated heterocycles. The second-order valence-corrected chi connectivity index (χ2v) is 5.89. The Morgan fingerprint density at radius 2 is 2.47 bits per heavy atom. The van der Waals surface area contributed by atoms with Crippen LogP contribution in [0.25, 0.3) is 11.5 Å². The molecule has 0 aliphatic carbocycles. The summed E-state index contributed by atoms with van der Waals surface area (Å²) in [5, 5.41) is 13.3. The van der Waals surface area contributed by atoms with Crippen LogP contribution in [-0.4, -0.2) is 34.7 Å². The highest BCUT2D eigenvalue weighted by Gasteiger charge is 2.23. The van der Waals surface area contributed by atoms with Crippen LogP contribution < -0.4 is 0 Å². The average molecular weight is 278 g/mol. The molecule has 1 unspecified atom stereocenters. The Labute approximate surface area is 116 Å².